The van der Waals surface area contributed by atoms with Crippen LogP contribution in [0.15, 0.2) is 54.6 Å². The molecule has 0 bridgehead atoms. The molecule has 0 saturated heterocycles. The van der Waals surface area contributed by atoms with Crippen LogP contribution in [0.1, 0.15) is 47.9 Å². The van der Waals surface area contributed by atoms with Crippen LogP contribution in [0.5, 0.6) is 0 Å². The Morgan fingerprint density at radius 3 is 2.48 bits per heavy atom. The smallest absolute Gasteiger partial charge is 0.195 e. The molecule has 0 fully saturated rings. The molecule has 1 aromatic heterocycles. The molecule has 0 spiro atoms. The number of carbonyl (C=O) groups is 1. The first-order chi connectivity index (χ1) is 12.1. The molecule has 0 aliphatic heterocycles. The van der Waals surface area contributed by atoms with Crippen molar-refractivity contribution in [1.82, 2.24) is 4.57 Å². The lowest BCUT2D eigenvalue weighted by molar-refractivity contribution is 0.103. The molecular formula is C22H25NO2. The van der Waals surface area contributed by atoms with Crippen molar-refractivity contribution in [2.75, 3.05) is 13.2 Å². The number of fused-ring (bicyclic) bond motifs is 1. The van der Waals surface area contributed by atoms with Gasteiger partial charge in [0.2, 0.25) is 0 Å². The highest BCUT2D eigenvalue weighted by atomic mass is 16.5. The average Bonchev–Trinajstić information content (AvgIpc) is 2.94. The lowest BCUT2D eigenvalue weighted by atomic mass is 10.0. The van der Waals surface area contributed by atoms with E-state index in [0.717, 1.165) is 47.4 Å². The molecule has 3 aromatic rings. The molecule has 130 valence electrons. The highest BCUT2D eigenvalue weighted by molar-refractivity contribution is 6.17. The summed E-state index contributed by atoms with van der Waals surface area (Å²) in [5.41, 5.74) is 3.68. The van der Waals surface area contributed by atoms with Gasteiger partial charge >= 0.3 is 0 Å². The Morgan fingerprint density at radius 1 is 1.08 bits per heavy atom. The fourth-order valence-corrected chi connectivity index (χ4v) is 3.51. The van der Waals surface area contributed by atoms with Crippen LogP contribution in [0, 0.1) is 6.92 Å². The summed E-state index contributed by atoms with van der Waals surface area (Å²) >= 11 is 0. The average molecular weight is 335 g/mol. The van der Waals surface area contributed by atoms with Crippen LogP contribution >= 0.6 is 0 Å². The highest BCUT2D eigenvalue weighted by Gasteiger charge is 2.22. The molecule has 0 amide bonds. The van der Waals surface area contributed by atoms with Gasteiger partial charge in [-0.25, -0.2) is 0 Å². The summed E-state index contributed by atoms with van der Waals surface area (Å²) in [5.74, 6) is 0.0880. The van der Waals surface area contributed by atoms with Gasteiger partial charge in [-0.2, -0.15) is 0 Å². The van der Waals surface area contributed by atoms with Crippen molar-refractivity contribution in [2.45, 2.75) is 33.2 Å². The van der Waals surface area contributed by atoms with E-state index in [0.29, 0.717) is 0 Å². The molecule has 0 N–H and O–H groups in total. The van der Waals surface area contributed by atoms with Gasteiger partial charge in [0.1, 0.15) is 0 Å². The van der Waals surface area contributed by atoms with Gasteiger partial charge in [-0.1, -0.05) is 48.5 Å². The molecule has 25 heavy (non-hydrogen) atoms. The normalized spacial score (nSPS) is 12.4. The Kier molecular flexibility index (Phi) is 5.34. The second-order valence-electron chi connectivity index (χ2n) is 6.38. The third kappa shape index (κ3) is 3.38. The van der Waals surface area contributed by atoms with Gasteiger partial charge < -0.3 is 9.30 Å². The summed E-state index contributed by atoms with van der Waals surface area (Å²) in [6, 6.07) is 18.0. The summed E-state index contributed by atoms with van der Waals surface area (Å²) in [5, 5.41) is 1.03. The SMILES string of the molecule is CCOCCC(C)n1c(C)c(C(=O)c2ccccc2)c2ccccc21. The number of hydrogen-bond acceptors (Lipinski definition) is 2. The van der Waals surface area contributed by atoms with Crippen molar-refractivity contribution >= 4 is 16.7 Å². The van der Waals surface area contributed by atoms with Gasteiger partial charge in [0.25, 0.3) is 0 Å². The van der Waals surface area contributed by atoms with Crippen molar-refractivity contribution < 1.29 is 9.53 Å². The molecule has 0 saturated carbocycles. The molecule has 2 aromatic carbocycles. The molecule has 0 radical (unpaired) electrons. The number of aromatic nitrogens is 1. The standard InChI is InChI=1S/C22H25NO2/c1-4-25-15-14-16(2)23-17(3)21(19-12-8-9-13-20(19)23)22(24)18-10-6-5-7-11-18/h5-13,16H,4,14-15H2,1-3H3. The van der Waals surface area contributed by atoms with E-state index in [1.807, 2.05) is 62.4 Å². The van der Waals surface area contributed by atoms with E-state index < -0.39 is 0 Å². The lowest BCUT2D eigenvalue weighted by Crippen LogP contribution is -2.11. The molecule has 1 unspecified atom stereocenters. The highest BCUT2D eigenvalue weighted by Crippen LogP contribution is 2.31. The predicted octanol–water partition coefficient (Wildman–Crippen LogP) is 5.17. The van der Waals surface area contributed by atoms with Gasteiger partial charge in [-0.15, -0.1) is 0 Å². The van der Waals surface area contributed by atoms with Crippen LogP contribution < -0.4 is 0 Å². The number of ether oxygens (including phenoxy) is 1. The van der Waals surface area contributed by atoms with E-state index >= 15 is 0 Å². The predicted molar refractivity (Wildman–Crippen MR) is 102 cm³/mol. The molecular weight excluding hydrogens is 310 g/mol. The minimum absolute atomic E-state index is 0.0880. The topological polar surface area (TPSA) is 31.2 Å². The Labute approximate surface area is 149 Å². The first-order valence-corrected chi connectivity index (χ1v) is 8.92. The molecule has 3 rings (SSSR count). The third-order valence-corrected chi connectivity index (χ3v) is 4.74. The van der Waals surface area contributed by atoms with E-state index in [-0.39, 0.29) is 11.8 Å². The van der Waals surface area contributed by atoms with Crippen molar-refractivity contribution in [3.63, 3.8) is 0 Å². The van der Waals surface area contributed by atoms with Gasteiger partial charge in [0.05, 0.1) is 5.56 Å². The number of hydrogen-bond donors (Lipinski definition) is 0. The quantitative estimate of drug-likeness (QED) is 0.441. The summed E-state index contributed by atoms with van der Waals surface area (Å²) in [7, 11) is 0. The van der Waals surface area contributed by atoms with Crippen molar-refractivity contribution in [3.8, 4) is 0 Å². The Bertz CT molecular complexity index is 864. The summed E-state index contributed by atoms with van der Waals surface area (Å²) < 4.78 is 7.80. The number of carbonyl (C=O) groups excluding carboxylic acids is 1. The van der Waals surface area contributed by atoms with Gasteiger partial charge in [0.15, 0.2) is 5.78 Å². The maximum Gasteiger partial charge on any atom is 0.195 e. The minimum atomic E-state index is 0.0880. The van der Waals surface area contributed by atoms with E-state index in [1.165, 1.54) is 0 Å². The van der Waals surface area contributed by atoms with E-state index in [1.54, 1.807) is 0 Å². The summed E-state index contributed by atoms with van der Waals surface area (Å²) in [6.45, 7) is 7.71. The van der Waals surface area contributed by atoms with E-state index in [9.17, 15) is 4.79 Å². The van der Waals surface area contributed by atoms with Gasteiger partial charge in [0, 0.05) is 41.4 Å². The number of nitrogens with zero attached hydrogens (tertiary/aromatic N) is 1. The van der Waals surface area contributed by atoms with E-state index in [4.69, 9.17) is 4.74 Å². The molecule has 0 aliphatic rings. The molecule has 3 heteroatoms. The van der Waals surface area contributed by atoms with E-state index in [2.05, 4.69) is 17.6 Å². The number of benzene rings is 2. The van der Waals surface area contributed by atoms with Crippen LogP contribution in [0.4, 0.5) is 0 Å². The van der Waals surface area contributed by atoms with Crippen molar-refractivity contribution in [2.24, 2.45) is 0 Å². The lowest BCUT2D eigenvalue weighted by Gasteiger charge is -2.17. The monoisotopic (exact) mass is 335 g/mol. The zero-order valence-corrected chi connectivity index (χ0v) is 15.2. The third-order valence-electron chi connectivity index (χ3n) is 4.74. The molecule has 1 heterocycles. The minimum Gasteiger partial charge on any atom is -0.382 e. The fraction of sp³-hybridized carbons (Fsp3) is 0.318. The van der Waals surface area contributed by atoms with Crippen LogP contribution in [-0.2, 0) is 4.74 Å². The van der Waals surface area contributed by atoms with Crippen LogP contribution in [-0.4, -0.2) is 23.6 Å². The summed E-state index contributed by atoms with van der Waals surface area (Å²) in [6.07, 6.45) is 0.923. The maximum absolute atomic E-state index is 13.1. The van der Waals surface area contributed by atoms with Crippen molar-refractivity contribution in [3.05, 3.63) is 71.4 Å². The molecule has 1 atom stereocenters. The van der Waals surface area contributed by atoms with Crippen LogP contribution in [0.3, 0.4) is 0 Å². The first-order valence-electron chi connectivity index (χ1n) is 8.92. The van der Waals surface area contributed by atoms with Crippen LogP contribution in [0.25, 0.3) is 10.9 Å². The molecule has 0 aliphatic carbocycles. The largest absolute Gasteiger partial charge is 0.382 e. The zero-order valence-electron chi connectivity index (χ0n) is 15.2. The second kappa shape index (κ2) is 7.66. The Hall–Kier alpha value is -2.39. The number of ketones is 1. The summed E-state index contributed by atoms with van der Waals surface area (Å²) in [4.78, 5) is 13.1. The van der Waals surface area contributed by atoms with Crippen molar-refractivity contribution in [1.29, 1.82) is 0 Å². The Morgan fingerprint density at radius 2 is 1.76 bits per heavy atom. The molecule has 3 nitrogen and oxygen atoms in total. The van der Waals surface area contributed by atoms with Crippen LogP contribution in [0.2, 0.25) is 0 Å². The first kappa shape index (κ1) is 17.4. The fourth-order valence-electron chi connectivity index (χ4n) is 3.51. The second-order valence-corrected chi connectivity index (χ2v) is 6.38. The van der Waals surface area contributed by atoms with Gasteiger partial charge in [-0.05, 0) is 33.3 Å². The van der Waals surface area contributed by atoms with Gasteiger partial charge in [-0.3, -0.25) is 4.79 Å². The maximum atomic E-state index is 13.1. The zero-order chi connectivity index (χ0) is 17.8. The number of rotatable bonds is 7. The number of para-hydroxylation sites is 1. The Balaban J connectivity index is 2.08.